The third-order valence-corrected chi connectivity index (χ3v) is 2.62. The molecule has 0 atom stereocenters. The molecule has 2 N–H and O–H groups in total. The van der Waals surface area contributed by atoms with Gasteiger partial charge in [0.05, 0.1) is 12.7 Å². The molecule has 7 nitrogen and oxygen atoms in total. The fourth-order valence-electron chi connectivity index (χ4n) is 1.69. The Labute approximate surface area is 114 Å². The van der Waals surface area contributed by atoms with Crippen LogP contribution in [0, 0.1) is 0 Å². The molecule has 0 saturated carbocycles. The molecule has 0 saturated heterocycles. The van der Waals surface area contributed by atoms with E-state index in [4.69, 9.17) is 9.84 Å². The van der Waals surface area contributed by atoms with E-state index in [2.05, 4.69) is 10.4 Å². The monoisotopic (exact) mass is 275 g/mol. The zero-order chi connectivity index (χ0) is 14.7. The highest BCUT2D eigenvalue weighted by Crippen LogP contribution is 2.16. The minimum atomic E-state index is -1.24. The lowest BCUT2D eigenvalue weighted by Crippen LogP contribution is -2.15. The van der Waals surface area contributed by atoms with Gasteiger partial charge in [0.1, 0.15) is 5.75 Å². The number of ether oxygens (including phenoxy) is 1. The van der Waals surface area contributed by atoms with Gasteiger partial charge >= 0.3 is 5.97 Å². The topological polar surface area (TPSA) is 93.5 Å². The van der Waals surface area contributed by atoms with Gasteiger partial charge in [-0.1, -0.05) is 0 Å². The van der Waals surface area contributed by atoms with Crippen molar-refractivity contribution in [2.75, 3.05) is 12.4 Å². The summed E-state index contributed by atoms with van der Waals surface area (Å²) in [6.07, 6.45) is 1.36. The van der Waals surface area contributed by atoms with Gasteiger partial charge in [0, 0.05) is 18.9 Å². The van der Waals surface area contributed by atoms with E-state index < -0.39 is 11.9 Å². The SMILES string of the molecule is COc1ccc(NC(=O)c2cn(C)nc2C(=O)O)cc1. The number of nitrogens with zero attached hydrogens (tertiary/aromatic N) is 2. The second-order valence-corrected chi connectivity index (χ2v) is 4.05. The highest BCUT2D eigenvalue weighted by Gasteiger charge is 2.20. The summed E-state index contributed by atoms with van der Waals surface area (Å²) in [7, 11) is 3.10. The fraction of sp³-hybridized carbons (Fsp3) is 0.154. The summed E-state index contributed by atoms with van der Waals surface area (Å²) in [6, 6.07) is 6.70. The van der Waals surface area contributed by atoms with E-state index in [1.165, 1.54) is 10.9 Å². The van der Waals surface area contributed by atoms with Crippen molar-refractivity contribution < 1.29 is 19.4 Å². The Kier molecular flexibility index (Phi) is 3.69. The van der Waals surface area contributed by atoms with Crippen LogP contribution in [0.15, 0.2) is 30.5 Å². The maximum Gasteiger partial charge on any atom is 0.357 e. The van der Waals surface area contributed by atoms with E-state index >= 15 is 0 Å². The fourth-order valence-corrected chi connectivity index (χ4v) is 1.69. The molecule has 2 aromatic rings. The van der Waals surface area contributed by atoms with E-state index in [9.17, 15) is 9.59 Å². The van der Waals surface area contributed by atoms with Gasteiger partial charge < -0.3 is 15.2 Å². The first kappa shape index (κ1) is 13.6. The van der Waals surface area contributed by atoms with Crippen molar-refractivity contribution in [3.05, 3.63) is 41.7 Å². The van der Waals surface area contributed by atoms with Gasteiger partial charge in [-0.15, -0.1) is 0 Å². The number of nitrogens with one attached hydrogen (secondary N) is 1. The van der Waals surface area contributed by atoms with Crippen LogP contribution in [-0.2, 0) is 7.05 Å². The third-order valence-electron chi connectivity index (χ3n) is 2.62. The van der Waals surface area contributed by atoms with E-state index in [1.807, 2.05) is 0 Å². The number of anilines is 1. The molecule has 1 aromatic heterocycles. The molecule has 0 fully saturated rings. The van der Waals surface area contributed by atoms with Crippen molar-refractivity contribution in [3.63, 3.8) is 0 Å². The molecule has 2 rings (SSSR count). The molecule has 0 unspecified atom stereocenters. The van der Waals surface area contributed by atoms with Crippen molar-refractivity contribution in [1.29, 1.82) is 0 Å². The molecular formula is C13H13N3O4. The second-order valence-electron chi connectivity index (χ2n) is 4.05. The van der Waals surface area contributed by atoms with Gasteiger partial charge in [0.2, 0.25) is 0 Å². The molecule has 104 valence electrons. The lowest BCUT2D eigenvalue weighted by atomic mass is 10.2. The predicted molar refractivity (Wildman–Crippen MR) is 71.1 cm³/mol. The molecule has 0 aliphatic heterocycles. The molecule has 0 radical (unpaired) electrons. The van der Waals surface area contributed by atoms with Crippen LogP contribution in [-0.4, -0.2) is 33.9 Å². The zero-order valence-corrected chi connectivity index (χ0v) is 11.0. The number of amides is 1. The Balaban J connectivity index is 2.21. The van der Waals surface area contributed by atoms with Gasteiger partial charge in [-0.2, -0.15) is 5.10 Å². The van der Waals surface area contributed by atoms with Gasteiger partial charge in [0.25, 0.3) is 5.91 Å². The Morgan fingerprint density at radius 1 is 1.30 bits per heavy atom. The number of carboxylic acid groups (broad SMARTS) is 1. The number of aryl methyl sites for hydroxylation is 1. The lowest BCUT2D eigenvalue weighted by Gasteiger charge is -2.05. The van der Waals surface area contributed by atoms with Crippen LogP contribution in [0.2, 0.25) is 0 Å². The number of hydrogen-bond donors (Lipinski definition) is 2. The van der Waals surface area contributed by atoms with Gasteiger partial charge in [0.15, 0.2) is 5.69 Å². The number of aromatic nitrogens is 2. The Hall–Kier alpha value is -2.83. The summed E-state index contributed by atoms with van der Waals surface area (Å²) in [6.45, 7) is 0. The van der Waals surface area contributed by atoms with Gasteiger partial charge in [-0.25, -0.2) is 4.79 Å². The first-order chi connectivity index (χ1) is 9.51. The van der Waals surface area contributed by atoms with E-state index in [0.29, 0.717) is 11.4 Å². The smallest absolute Gasteiger partial charge is 0.357 e. The molecule has 0 aliphatic carbocycles. The Bertz CT molecular complexity index is 646. The summed E-state index contributed by atoms with van der Waals surface area (Å²) >= 11 is 0. The molecule has 1 amide bonds. The molecule has 0 spiro atoms. The normalized spacial score (nSPS) is 10.1. The number of rotatable bonds is 4. The molecular weight excluding hydrogens is 262 g/mol. The maximum atomic E-state index is 12.0. The van der Waals surface area contributed by atoms with Crippen molar-refractivity contribution in [2.24, 2.45) is 7.05 Å². The summed E-state index contributed by atoms with van der Waals surface area (Å²) in [5, 5.41) is 15.3. The number of benzene rings is 1. The van der Waals surface area contributed by atoms with E-state index in [-0.39, 0.29) is 11.3 Å². The van der Waals surface area contributed by atoms with Crippen molar-refractivity contribution >= 4 is 17.6 Å². The van der Waals surface area contributed by atoms with Crippen LogP contribution in [0.3, 0.4) is 0 Å². The number of carbonyl (C=O) groups is 2. The van der Waals surface area contributed by atoms with Crippen LogP contribution >= 0.6 is 0 Å². The van der Waals surface area contributed by atoms with Gasteiger partial charge in [-0.05, 0) is 24.3 Å². The van der Waals surface area contributed by atoms with Crippen molar-refractivity contribution in [1.82, 2.24) is 9.78 Å². The summed E-state index contributed by atoms with van der Waals surface area (Å²) in [4.78, 5) is 23.1. The zero-order valence-electron chi connectivity index (χ0n) is 11.0. The number of carbonyl (C=O) groups excluding carboxylic acids is 1. The van der Waals surface area contributed by atoms with Crippen molar-refractivity contribution in [2.45, 2.75) is 0 Å². The second kappa shape index (κ2) is 5.43. The van der Waals surface area contributed by atoms with Crippen LogP contribution in [0.1, 0.15) is 20.8 Å². The lowest BCUT2D eigenvalue weighted by molar-refractivity contribution is 0.0685. The average molecular weight is 275 g/mol. The Morgan fingerprint density at radius 3 is 2.50 bits per heavy atom. The number of carboxylic acids is 1. The van der Waals surface area contributed by atoms with E-state index in [1.54, 1.807) is 38.4 Å². The highest BCUT2D eigenvalue weighted by atomic mass is 16.5. The van der Waals surface area contributed by atoms with Crippen molar-refractivity contribution in [3.8, 4) is 5.75 Å². The van der Waals surface area contributed by atoms with Crippen LogP contribution in [0.4, 0.5) is 5.69 Å². The molecule has 0 bridgehead atoms. The van der Waals surface area contributed by atoms with Crippen LogP contribution in [0.25, 0.3) is 0 Å². The number of aromatic carboxylic acids is 1. The third kappa shape index (κ3) is 2.77. The average Bonchev–Trinajstić information content (AvgIpc) is 2.82. The maximum absolute atomic E-state index is 12.0. The summed E-state index contributed by atoms with van der Waals surface area (Å²) in [5.41, 5.74) is 0.269. The molecule has 1 heterocycles. The van der Waals surface area contributed by atoms with Crippen LogP contribution in [0.5, 0.6) is 5.75 Å². The summed E-state index contributed by atoms with van der Waals surface area (Å²) in [5.74, 6) is -1.11. The molecule has 0 aliphatic rings. The summed E-state index contributed by atoms with van der Waals surface area (Å²) < 4.78 is 6.29. The van der Waals surface area contributed by atoms with Gasteiger partial charge in [-0.3, -0.25) is 9.48 Å². The first-order valence-corrected chi connectivity index (χ1v) is 5.73. The minimum absolute atomic E-state index is 0.0100. The Morgan fingerprint density at radius 2 is 1.95 bits per heavy atom. The predicted octanol–water partition coefficient (Wildman–Crippen LogP) is 1.38. The van der Waals surface area contributed by atoms with Crippen LogP contribution < -0.4 is 10.1 Å². The number of hydrogen-bond acceptors (Lipinski definition) is 4. The number of methoxy groups -OCH3 is 1. The quantitative estimate of drug-likeness (QED) is 0.879. The molecule has 1 aromatic carbocycles. The largest absolute Gasteiger partial charge is 0.497 e. The molecule has 20 heavy (non-hydrogen) atoms. The first-order valence-electron chi connectivity index (χ1n) is 5.73. The van der Waals surface area contributed by atoms with E-state index in [0.717, 1.165) is 0 Å². The molecule has 7 heteroatoms. The highest BCUT2D eigenvalue weighted by molar-refractivity contribution is 6.09. The standard InChI is InChI=1S/C13H13N3O4/c1-16-7-10(11(15-16)13(18)19)12(17)14-8-3-5-9(20-2)6-4-8/h3-7H,1-2H3,(H,14,17)(H,18,19). The minimum Gasteiger partial charge on any atom is -0.497 e.